The molecule has 0 spiro atoms. The molecule has 4 heteroatoms. The number of aliphatic carboxylic acids is 1. The fourth-order valence-electron chi connectivity index (χ4n) is 1.06. The number of carboxylic acid groups (broad SMARTS) is 1. The summed E-state index contributed by atoms with van der Waals surface area (Å²) in [6.45, 7) is 4.19. The molecule has 0 bridgehead atoms. The van der Waals surface area contributed by atoms with Crippen molar-refractivity contribution < 1.29 is 9.90 Å². The highest BCUT2D eigenvalue weighted by atomic mass is 127. The highest BCUT2D eigenvalue weighted by Gasteiger charge is 2.09. The number of benzene rings is 1. The van der Waals surface area contributed by atoms with Crippen LogP contribution in [0, 0.1) is 16.4 Å². The zero-order valence-electron chi connectivity index (χ0n) is 8.75. The lowest BCUT2D eigenvalue weighted by molar-refractivity contribution is -0.140. The Morgan fingerprint density at radius 2 is 2.27 bits per heavy atom. The van der Waals surface area contributed by atoms with Crippen LogP contribution >= 0.6 is 22.6 Å². The average Bonchev–Trinajstić information content (AvgIpc) is 2.19. The van der Waals surface area contributed by atoms with Gasteiger partial charge in [-0.25, -0.2) is 0 Å². The molecule has 1 rings (SSSR count). The monoisotopic (exact) mass is 319 g/mol. The molecule has 2 N–H and O–H groups in total. The summed E-state index contributed by atoms with van der Waals surface area (Å²) in [5, 5.41) is 11.8. The molecule has 15 heavy (non-hydrogen) atoms. The van der Waals surface area contributed by atoms with Crippen LogP contribution in [0.2, 0.25) is 0 Å². The molecule has 0 aliphatic rings. The van der Waals surface area contributed by atoms with Gasteiger partial charge in [-0.1, -0.05) is 13.0 Å². The number of rotatable bonds is 4. The first-order valence-electron chi connectivity index (χ1n) is 4.73. The van der Waals surface area contributed by atoms with E-state index >= 15 is 0 Å². The number of carboxylic acids is 1. The molecule has 0 aromatic heterocycles. The van der Waals surface area contributed by atoms with Gasteiger partial charge in [0.05, 0.1) is 5.92 Å². The van der Waals surface area contributed by atoms with Gasteiger partial charge >= 0.3 is 5.97 Å². The van der Waals surface area contributed by atoms with Crippen LogP contribution in [0.25, 0.3) is 0 Å². The summed E-state index contributed by atoms with van der Waals surface area (Å²) in [6.07, 6.45) is 0. The summed E-state index contributed by atoms with van der Waals surface area (Å²) >= 11 is 2.26. The molecule has 0 radical (unpaired) electrons. The third-order valence-corrected chi connectivity index (χ3v) is 3.37. The van der Waals surface area contributed by atoms with E-state index in [2.05, 4.69) is 27.9 Å². The fraction of sp³-hybridized carbons (Fsp3) is 0.364. The molecule has 0 amide bonds. The van der Waals surface area contributed by atoms with Gasteiger partial charge < -0.3 is 10.4 Å². The van der Waals surface area contributed by atoms with Gasteiger partial charge in [-0.05, 0) is 47.2 Å². The predicted octanol–water partition coefficient (Wildman–Crippen LogP) is 2.73. The maximum absolute atomic E-state index is 10.6. The summed E-state index contributed by atoms with van der Waals surface area (Å²) in [6, 6.07) is 6.01. The first-order chi connectivity index (χ1) is 7.00. The number of hydrogen-bond donors (Lipinski definition) is 2. The molecule has 0 fully saturated rings. The van der Waals surface area contributed by atoms with Crippen molar-refractivity contribution in [2.75, 3.05) is 11.9 Å². The highest BCUT2D eigenvalue weighted by molar-refractivity contribution is 14.1. The van der Waals surface area contributed by atoms with Crippen LogP contribution in [0.5, 0.6) is 0 Å². The van der Waals surface area contributed by atoms with Crippen molar-refractivity contribution >= 4 is 34.2 Å². The lowest BCUT2D eigenvalue weighted by Crippen LogP contribution is -2.19. The Kier molecular flexibility index (Phi) is 4.38. The van der Waals surface area contributed by atoms with Crippen molar-refractivity contribution in [2.24, 2.45) is 5.92 Å². The van der Waals surface area contributed by atoms with E-state index in [0.29, 0.717) is 6.54 Å². The largest absolute Gasteiger partial charge is 0.481 e. The third kappa shape index (κ3) is 3.70. The van der Waals surface area contributed by atoms with Crippen molar-refractivity contribution in [1.82, 2.24) is 0 Å². The Labute approximate surface area is 103 Å². The Morgan fingerprint density at radius 3 is 2.80 bits per heavy atom. The van der Waals surface area contributed by atoms with E-state index < -0.39 is 5.97 Å². The van der Waals surface area contributed by atoms with E-state index in [1.807, 2.05) is 25.1 Å². The SMILES string of the molecule is Cc1ccc(NCC(C)C(=O)O)cc1I. The second-order valence-corrected chi connectivity index (χ2v) is 4.75. The van der Waals surface area contributed by atoms with E-state index in [1.165, 1.54) is 9.13 Å². The van der Waals surface area contributed by atoms with Crippen LogP contribution in [0.3, 0.4) is 0 Å². The van der Waals surface area contributed by atoms with Gasteiger partial charge in [-0.2, -0.15) is 0 Å². The van der Waals surface area contributed by atoms with Crippen LogP contribution in [-0.4, -0.2) is 17.6 Å². The number of nitrogens with one attached hydrogen (secondary N) is 1. The molecule has 0 heterocycles. The first kappa shape index (κ1) is 12.3. The second kappa shape index (κ2) is 5.34. The Balaban J connectivity index is 2.58. The molecule has 3 nitrogen and oxygen atoms in total. The van der Waals surface area contributed by atoms with Gasteiger partial charge in [-0.15, -0.1) is 0 Å². The summed E-state index contributed by atoms with van der Waals surface area (Å²) < 4.78 is 1.18. The molecule has 1 unspecified atom stereocenters. The molecule has 1 atom stereocenters. The number of carbonyl (C=O) groups is 1. The van der Waals surface area contributed by atoms with E-state index in [9.17, 15) is 4.79 Å². The van der Waals surface area contributed by atoms with Crippen LogP contribution < -0.4 is 5.32 Å². The van der Waals surface area contributed by atoms with Crippen LogP contribution in [0.1, 0.15) is 12.5 Å². The van der Waals surface area contributed by atoms with Crippen LogP contribution in [0.4, 0.5) is 5.69 Å². The molecule has 0 aliphatic heterocycles. The minimum Gasteiger partial charge on any atom is -0.481 e. The standard InChI is InChI=1S/C11H14INO2/c1-7-3-4-9(5-10(7)12)13-6-8(2)11(14)15/h3-5,8,13H,6H2,1-2H3,(H,14,15). The lowest BCUT2D eigenvalue weighted by Gasteiger charge is -2.10. The van der Waals surface area contributed by atoms with Crippen molar-refractivity contribution in [2.45, 2.75) is 13.8 Å². The number of aryl methyl sites for hydroxylation is 1. The average molecular weight is 319 g/mol. The number of halogens is 1. The molecular formula is C11H14INO2. The Bertz CT molecular complexity index is 366. The number of hydrogen-bond acceptors (Lipinski definition) is 2. The van der Waals surface area contributed by atoms with Crippen LogP contribution in [0.15, 0.2) is 18.2 Å². The molecule has 0 aliphatic carbocycles. The highest BCUT2D eigenvalue weighted by Crippen LogP contribution is 2.17. The van der Waals surface area contributed by atoms with Gasteiger partial charge in [0.1, 0.15) is 0 Å². The smallest absolute Gasteiger partial charge is 0.308 e. The van der Waals surface area contributed by atoms with Crippen molar-refractivity contribution in [3.8, 4) is 0 Å². The summed E-state index contributed by atoms with van der Waals surface area (Å²) in [7, 11) is 0. The summed E-state index contributed by atoms with van der Waals surface area (Å²) in [5.41, 5.74) is 2.20. The maximum Gasteiger partial charge on any atom is 0.308 e. The Hall–Kier alpha value is -0.780. The van der Waals surface area contributed by atoms with E-state index in [0.717, 1.165) is 5.69 Å². The van der Waals surface area contributed by atoms with Crippen molar-refractivity contribution in [1.29, 1.82) is 0 Å². The molecular weight excluding hydrogens is 305 g/mol. The number of anilines is 1. The van der Waals surface area contributed by atoms with Crippen LogP contribution in [-0.2, 0) is 4.79 Å². The maximum atomic E-state index is 10.6. The molecule has 82 valence electrons. The van der Waals surface area contributed by atoms with E-state index in [1.54, 1.807) is 6.92 Å². The minimum absolute atomic E-state index is 0.371. The Morgan fingerprint density at radius 1 is 1.60 bits per heavy atom. The molecule has 0 saturated heterocycles. The predicted molar refractivity (Wildman–Crippen MR) is 69.2 cm³/mol. The fourth-order valence-corrected chi connectivity index (χ4v) is 1.58. The van der Waals surface area contributed by atoms with Crippen molar-refractivity contribution in [3.05, 3.63) is 27.3 Å². The normalized spacial score (nSPS) is 12.2. The topological polar surface area (TPSA) is 49.3 Å². The summed E-state index contributed by atoms with van der Waals surface area (Å²) in [4.78, 5) is 10.6. The minimum atomic E-state index is -0.774. The van der Waals surface area contributed by atoms with Gasteiger partial charge in [0.15, 0.2) is 0 Å². The van der Waals surface area contributed by atoms with Gasteiger partial charge in [0.2, 0.25) is 0 Å². The quantitative estimate of drug-likeness (QED) is 0.839. The summed E-state index contributed by atoms with van der Waals surface area (Å²) in [5.74, 6) is -1.15. The van der Waals surface area contributed by atoms with Gasteiger partial charge in [0.25, 0.3) is 0 Å². The van der Waals surface area contributed by atoms with Crippen molar-refractivity contribution in [3.63, 3.8) is 0 Å². The van der Waals surface area contributed by atoms with E-state index in [-0.39, 0.29) is 5.92 Å². The molecule has 0 saturated carbocycles. The first-order valence-corrected chi connectivity index (χ1v) is 5.81. The van der Waals surface area contributed by atoms with E-state index in [4.69, 9.17) is 5.11 Å². The zero-order valence-corrected chi connectivity index (χ0v) is 10.9. The zero-order chi connectivity index (χ0) is 11.4. The molecule has 1 aromatic rings. The molecule has 1 aromatic carbocycles. The van der Waals surface area contributed by atoms with Gasteiger partial charge in [0, 0.05) is 15.8 Å². The third-order valence-electron chi connectivity index (χ3n) is 2.21. The van der Waals surface area contributed by atoms with Gasteiger partial charge in [-0.3, -0.25) is 4.79 Å². The second-order valence-electron chi connectivity index (χ2n) is 3.58. The lowest BCUT2D eigenvalue weighted by atomic mass is 10.1.